The third-order valence-corrected chi connectivity index (χ3v) is 3.86. The summed E-state index contributed by atoms with van der Waals surface area (Å²) in [6, 6.07) is 10.4. The highest BCUT2D eigenvalue weighted by Crippen LogP contribution is 2.29. The molecule has 0 bridgehead atoms. The van der Waals surface area contributed by atoms with Crippen molar-refractivity contribution in [2.75, 3.05) is 5.73 Å². The minimum absolute atomic E-state index is 0.254. The lowest BCUT2D eigenvalue weighted by molar-refractivity contribution is 0.275. The number of nitrogens with zero attached hydrogens (tertiary/aromatic N) is 1. The predicted octanol–water partition coefficient (Wildman–Crippen LogP) is 3.58. The maximum absolute atomic E-state index is 13.3. The van der Waals surface area contributed by atoms with E-state index in [4.69, 9.17) is 17.3 Å². The number of hydrogen-bond donors (Lipinski definition) is 1. The van der Waals surface area contributed by atoms with Crippen LogP contribution in [0, 0.1) is 5.82 Å². The summed E-state index contributed by atoms with van der Waals surface area (Å²) in [4.78, 5) is 2.21. The summed E-state index contributed by atoms with van der Waals surface area (Å²) in [5.41, 5.74) is 10.0. The van der Waals surface area contributed by atoms with Gasteiger partial charge in [-0.05, 0) is 41.0 Å². The number of fused-ring (bicyclic) bond motifs is 1. The Balaban J connectivity index is 1.81. The van der Waals surface area contributed by atoms with Crippen LogP contribution in [0.2, 0.25) is 5.02 Å². The van der Waals surface area contributed by atoms with Gasteiger partial charge in [0.25, 0.3) is 0 Å². The molecule has 2 aromatic rings. The van der Waals surface area contributed by atoms with Gasteiger partial charge in [0, 0.05) is 30.3 Å². The molecule has 3 rings (SSSR count). The van der Waals surface area contributed by atoms with Gasteiger partial charge < -0.3 is 5.73 Å². The fraction of sp³-hybridized carbons (Fsp3) is 0.200. The van der Waals surface area contributed by atoms with Crippen LogP contribution < -0.4 is 5.73 Å². The zero-order valence-electron chi connectivity index (χ0n) is 10.4. The Morgan fingerprint density at radius 2 is 2.05 bits per heavy atom. The Labute approximate surface area is 116 Å². The van der Waals surface area contributed by atoms with E-state index >= 15 is 0 Å². The van der Waals surface area contributed by atoms with Crippen LogP contribution in [0.3, 0.4) is 0 Å². The minimum Gasteiger partial charge on any atom is -0.398 e. The second-order valence-electron chi connectivity index (χ2n) is 4.87. The molecule has 0 aliphatic carbocycles. The van der Waals surface area contributed by atoms with Crippen LogP contribution >= 0.6 is 11.6 Å². The Morgan fingerprint density at radius 3 is 2.84 bits per heavy atom. The van der Waals surface area contributed by atoms with Gasteiger partial charge in [-0.2, -0.15) is 0 Å². The number of anilines is 1. The molecule has 1 aliphatic rings. The molecular formula is C15H14ClFN2. The summed E-state index contributed by atoms with van der Waals surface area (Å²) in [5.74, 6) is -0.254. The highest BCUT2D eigenvalue weighted by atomic mass is 35.5. The second-order valence-corrected chi connectivity index (χ2v) is 5.27. The van der Waals surface area contributed by atoms with Gasteiger partial charge in [0.1, 0.15) is 5.82 Å². The summed E-state index contributed by atoms with van der Waals surface area (Å²) in [6.07, 6.45) is 0. The number of nitrogen functional groups attached to an aromatic ring is 1. The monoisotopic (exact) mass is 276 g/mol. The number of hydrogen-bond acceptors (Lipinski definition) is 2. The average Bonchev–Trinajstić information content (AvgIpc) is 2.78. The smallest absolute Gasteiger partial charge is 0.123 e. The van der Waals surface area contributed by atoms with E-state index in [0.29, 0.717) is 11.6 Å². The Morgan fingerprint density at radius 1 is 1.21 bits per heavy atom. The van der Waals surface area contributed by atoms with Crippen LogP contribution in [0.15, 0.2) is 36.4 Å². The number of nitrogens with two attached hydrogens (primary N) is 1. The highest BCUT2D eigenvalue weighted by Gasteiger charge is 2.21. The third-order valence-electron chi connectivity index (χ3n) is 3.49. The summed E-state index contributed by atoms with van der Waals surface area (Å²) < 4.78 is 13.3. The average molecular weight is 277 g/mol. The maximum atomic E-state index is 13.3. The molecule has 2 nitrogen and oxygen atoms in total. The maximum Gasteiger partial charge on any atom is 0.123 e. The molecular weight excluding hydrogens is 263 g/mol. The van der Waals surface area contributed by atoms with E-state index in [2.05, 4.69) is 11.0 Å². The molecule has 0 amide bonds. The van der Waals surface area contributed by atoms with Crippen molar-refractivity contribution < 1.29 is 4.39 Å². The Kier molecular flexibility index (Phi) is 3.17. The fourth-order valence-corrected chi connectivity index (χ4v) is 2.71. The van der Waals surface area contributed by atoms with Crippen molar-refractivity contribution >= 4 is 17.3 Å². The van der Waals surface area contributed by atoms with E-state index in [1.165, 1.54) is 23.3 Å². The molecule has 2 N–H and O–H groups in total. The highest BCUT2D eigenvalue weighted by molar-refractivity contribution is 6.31. The van der Waals surface area contributed by atoms with Crippen LogP contribution in [0.5, 0.6) is 0 Å². The minimum atomic E-state index is -0.254. The lowest BCUT2D eigenvalue weighted by Crippen LogP contribution is -2.16. The van der Waals surface area contributed by atoms with Gasteiger partial charge in [-0.15, -0.1) is 0 Å². The van der Waals surface area contributed by atoms with Crippen LogP contribution in [0.1, 0.15) is 16.7 Å². The topological polar surface area (TPSA) is 29.3 Å². The van der Waals surface area contributed by atoms with Crippen molar-refractivity contribution in [2.45, 2.75) is 19.6 Å². The Hall–Kier alpha value is -1.58. The van der Waals surface area contributed by atoms with E-state index in [-0.39, 0.29) is 5.82 Å². The van der Waals surface area contributed by atoms with E-state index < -0.39 is 0 Å². The molecule has 4 heteroatoms. The van der Waals surface area contributed by atoms with E-state index in [0.717, 1.165) is 24.3 Å². The van der Waals surface area contributed by atoms with Crippen LogP contribution in [-0.4, -0.2) is 4.90 Å². The third kappa shape index (κ3) is 2.44. The first-order chi connectivity index (χ1) is 9.13. The van der Waals surface area contributed by atoms with Gasteiger partial charge in [-0.1, -0.05) is 23.7 Å². The molecule has 0 unspecified atom stereocenters. The first kappa shape index (κ1) is 12.5. The lowest BCUT2D eigenvalue weighted by Gasteiger charge is -2.15. The SMILES string of the molecule is Nc1cccc2c1CN(Cc1cc(F)ccc1Cl)C2. The largest absolute Gasteiger partial charge is 0.398 e. The number of benzene rings is 2. The van der Waals surface area contributed by atoms with Crippen molar-refractivity contribution in [3.63, 3.8) is 0 Å². The first-order valence-corrected chi connectivity index (χ1v) is 6.54. The predicted molar refractivity (Wildman–Crippen MR) is 75.2 cm³/mol. The van der Waals surface area contributed by atoms with E-state index in [1.807, 2.05) is 12.1 Å². The molecule has 0 saturated heterocycles. The van der Waals surface area contributed by atoms with Crippen molar-refractivity contribution in [3.8, 4) is 0 Å². The van der Waals surface area contributed by atoms with Gasteiger partial charge in [-0.25, -0.2) is 4.39 Å². The molecule has 19 heavy (non-hydrogen) atoms. The van der Waals surface area contributed by atoms with Gasteiger partial charge in [0.05, 0.1) is 0 Å². The van der Waals surface area contributed by atoms with Crippen LogP contribution in [0.25, 0.3) is 0 Å². The van der Waals surface area contributed by atoms with Crippen LogP contribution in [0.4, 0.5) is 10.1 Å². The zero-order valence-corrected chi connectivity index (χ0v) is 11.1. The van der Waals surface area contributed by atoms with Gasteiger partial charge in [-0.3, -0.25) is 4.90 Å². The second kappa shape index (κ2) is 4.83. The molecule has 0 saturated carbocycles. The zero-order chi connectivity index (χ0) is 13.4. The van der Waals surface area contributed by atoms with Crippen molar-refractivity contribution in [1.29, 1.82) is 0 Å². The molecule has 0 fully saturated rings. The molecule has 98 valence electrons. The van der Waals surface area contributed by atoms with Crippen molar-refractivity contribution in [1.82, 2.24) is 4.90 Å². The van der Waals surface area contributed by atoms with E-state index in [9.17, 15) is 4.39 Å². The standard InChI is InChI=1S/C15H14ClFN2/c16-14-5-4-12(17)6-11(14)8-19-7-10-2-1-3-15(18)13(10)9-19/h1-6H,7-9,18H2. The van der Waals surface area contributed by atoms with E-state index in [1.54, 1.807) is 6.07 Å². The fourth-order valence-electron chi connectivity index (χ4n) is 2.53. The number of halogens is 2. The molecule has 1 heterocycles. The summed E-state index contributed by atoms with van der Waals surface area (Å²) >= 11 is 6.10. The molecule has 0 aromatic heterocycles. The van der Waals surface area contributed by atoms with Gasteiger partial charge in [0.15, 0.2) is 0 Å². The molecule has 0 radical (unpaired) electrons. The molecule has 0 spiro atoms. The lowest BCUT2D eigenvalue weighted by atomic mass is 10.1. The van der Waals surface area contributed by atoms with Gasteiger partial charge in [0.2, 0.25) is 0 Å². The normalized spacial score (nSPS) is 14.6. The summed E-state index contributed by atoms with van der Waals surface area (Å²) in [5, 5.41) is 0.602. The van der Waals surface area contributed by atoms with Crippen LogP contribution in [-0.2, 0) is 19.6 Å². The quantitative estimate of drug-likeness (QED) is 0.850. The van der Waals surface area contributed by atoms with Crippen molar-refractivity contribution in [2.24, 2.45) is 0 Å². The Bertz CT molecular complexity index is 628. The van der Waals surface area contributed by atoms with Gasteiger partial charge >= 0.3 is 0 Å². The molecule has 1 aliphatic heterocycles. The molecule has 0 atom stereocenters. The summed E-state index contributed by atoms with van der Waals surface area (Å²) in [7, 11) is 0. The molecule has 2 aromatic carbocycles. The van der Waals surface area contributed by atoms with Crippen molar-refractivity contribution in [3.05, 3.63) is 63.9 Å². The number of rotatable bonds is 2. The first-order valence-electron chi connectivity index (χ1n) is 6.16. The summed E-state index contributed by atoms with van der Waals surface area (Å²) in [6.45, 7) is 2.24.